The Hall–Kier alpha value is -3.64. The van der Waals surface area contributed by atoms with Crippen LogP contribution in [0.3, 0.4) is 0 Å². The molecule has 548 valence electrons. The summed E-state index contributed by atoms with van der Waals surface area (Å²) in [4.78, 5) is 49.9. The smallest absolute Gasteiger partial charge is 0.744 e. The zero-order chi connectivity index (χ0) is 70.3. The maximum absolute atomic E-state index is 12.8. The van der Waals surface area contributed by atoms with Crippen molar-refractivity contribution in [2.75, 3.05) is 0 Å². The first-order chi connectivity index (χ1) is 46.6. The zero-order valence-electron chi connectivity index (χ0n) is 61.1. The summed E-state index contributed by atoms with van der Waals surface area (Å²) in [6.45, 7) is 8.97. The van der Waals surface area contributed by atoms with Crippen LogP contribution in [0, 0.1) is 0 Å². The molecule has 0 heterocycles. The van der Waals surface area contributed by atoms with Crippen molar-refractivity contribution in [1.82, 2.24) is 0 Å². The summed E-state index contributed by atoms with van der Waals surface area (Å²) in [7, 11) is -9.68. The maximum atomic E-state index is 12.8. The van der Waals surface area contributed by atoms with E-state index in [1.54, 1.807) is 24.3 Å². The molecule has 0 amide bonds. The Morgan fingerprint density at radius 1 is 0.278 bits per heavy atom. The van der Waals surface area contributed by atoms with Crippen molar-refractivity contribution in [3.05, 3.63) is 108 Å². The summed E-state index contributed by atoms with van der Waals surface area (Å²) in [5, 5.41) is 0. The summed E-state index contributed by atoms with van der Waals surface area (Å²) in [6, 6.07) is 5.95. The molecular formula is C80H130CaO14S2. The van der Waals surface area contributed by atoms with Crippen molar-refractivity contribution in [1.29, 1.82) is 0 Å². The van der Waals surface area contributed by atoms with Crippen LogP contribution in [0.25, 0.3) is 0 Å². The van der Waals surface area contributed by atoms with Gasteiger partial charge in [-0.2, -0.15) is 0 Å². The first-order valence-corrected chi connectivity index (χ1v) is 41.1. The van der Waals surface area contributed by atoms with Gasteiger partial charge in [-0.15, -0.1) is 0 Å². The van der Waals surface area contributed by atoms with Gasteiger partial charge in [0.15, 0.2) is 0 Å². The first-order valence-electron chi connectivity index (χ1n) is 38.3. The molecule has 2 aromatic rings. The summed E-state index contributed by atoms with van der Waals surface area (Å²) in [6.07, 6.45) is 75.7. The van der Waals surface area contributed by atoms with Crippen molar-refractivity contribution >= 4 is 81.9 Å². The fourth-order valence-electron chi connectivity index (χ4n) is 11.4. The topological polar surface area (TPSA) is 220 Å². The first kappa shape index (κ1) is 93.4. The molecule has 14 nitrogen and oxygen atoms in total. The van der Waals surface area contributed by atoms with E-state index in [0.717, 1.165) is 113 Å². The van der Waals surface area contributed by atoms with Crippen LogP contribution in [0.5, 0.6) is 0 Å². The van der Waals surface area contributed by atoms with Crippen LogP contribution in [0.4, 0.5) is 0 Å². The summed E-state index contributed by atoms with van der Waals surface area (Å²) < 4.78 is 90.2. The van der Waals surface area contributed by atoms with Gasteiger partial charge in [0, 0.05) is 0 Å². The van der Waals surface area contributed by atoms with E-state index >= 15 is 0 Å². The molecule has 0 unspecified atom stereocenters. The predicted molar refractivity (Wildman–Crippen MR) is 396 cm³/mol. The largest absolute Gasteiger partial charge is 2.00 e. The molecule has 0 fully saturated rings. The monoisotopic (exact) mass is 1420 g/mol. The van der Waals surface area contributed by atoms with Crippen LogP contribution < -0.4 is 0 Å². The second-order valence-electron chi connectivity index (χ2n) is 26.1. The summed E-state index contributed by atoms with van der Waals surface area (Å²) in [5.41, 5.74) is -1.00. The number of carbonyl (C=O) groups is 4. The van der Waals surface area contributed by atoms with E-state index in [1.807, 2.05) is 0 Å². The number of esters is 4. The van der Waals surface area contributed by atoms with Crippen LogP contribution in [-0.2, 0) is 39.2 Å². The van der Waals surface area contributed by atoms with Gasteiger partial charge in [0.05, 0.1) is 57.1 Å². The number of ether oxygens (including phenoxy) is 4. The minimum absolute atomic E-state index is 0. The SMILES string of the molecule is CCCCCCCCCCCCCC/C=C/OC(=O)c1ccc(S(=O)(=O)[O-])cc1C(=O)O/C=C/CCCCCCCCCCCCCC.CCCCCCCCCCCCCC/C=C/OC(=O)c1ccc(S(=O)(=O)[O-])cc1C(=O)O/C=C/CCCCCCCCCCCCCC.[Ca+2]. The van der Waals surface area contributed by atoms with E-state index in [0.29, 0.717) is 0 Å². The average molecular weight is 1420 g/mol. The van der Waals surface area contributed by atoms with Gasteiger partial charge < -0.3 is 28.1 Å². The Kier molecular flexibility index (Phi) is 63.2. The van der Waals surface area contributed by atoms with E-state index in [9.17, 15) is 45.1 Å². The third-order valence-corrected chi connectivity index (χ3v) is 19.1. The van der Waals surface area contributed by atoms with Gasteiger partial charge in [0.25, 0.3) is 0 Å². The van der Waals surface area contributed by atoms with Crippen LogP contribution in [0.2, 0.25) is 0 Å². The van der Waals surface area contributed by atoms with Crippen LogP contribution >= 0.6 is 0 Å². The van der Waals surface area contributed by atoms with Crippen molar-refractivity contribution in [3.8, 4) is 0 Å². The van der Waals surface area contributed by atoms with E-state index in [1.165, 1.54) is 282 Å². The zero-order valence-corrected chi connectivity index (χ0v) is 64.9. The van der Waals surface area contributed by atoms with E-state index < -0.39 is 53.9 Å². The minimum atomic E-state index is -4.84. The molecular weight excluding hydrogens is 1290 g/mol. The number of rotatable bonds is 62. The normalized spacial score (nSPS) is 11.8. The van der Waals surface area contributed by atoms with Gasteiger partial charge in [-0.1, -0.05) is 310 Å². The van der Waals surface area contributed by atoms with Gasteiger partial charge in [0.1, 0.15) is 20.2 Å². The Morgan fingerprint density at radius 3 is 0.619 bits per heavy atom. The van der Waals surface area contributed by atoms with Gasteiger partial charge in [-0.3, -0.25) is 0 Å². The molecule has 0 bridgehead atoms. The van der Waals surface area contributed by atoms with Gasteiger partial charge in [-0.05, 0) is 112 Å². The molecule has 2 aromatic carbocycles. The molecule has 0 aliphatic rings. The molecule has 0 saturated heterocycles. The van der Waals surface area contributed by atoms with Crippen molar-refractivity contribution in [2.24, 2.45) is 0 Å². The molecule has 97 heavy (non-hydrogen) atoms. The Morgan fingerprint density at radius 2 is 0.443 bits per heavy atom. The number of hydrogen-bond acceptors (Lipinski definition) is 14. The molecule has 0 radical (unpaired) electrons. The molecule has 0 aromatic heterocycles. The van der Waals surface area contributed by atoms with Gasteiger partial charge in [-0.25, -0.2) is 36.0 Å². The van der Waals surface area contributed by atoms with E-state index in [4.69, 9.17) is 18.9 Å². The minimum Gasteiger partial charge on any atom is -0.744 e. The van der Waals surface area contributed by atoms with E-state index in [-0.39, 0.29) is 60.0 Å². The molecule has 17 heteroatoms. The molecule has 0 aliphatic heterocycles. The predicted octanol–water partition coefficient (Wildman–Crippen LogP) is 23.8. The van der Waals surface area contributed by atoms with Crippen molar-refractivity contribution < 1.29 is 64.1 Å². The molecule has 0 N–H and O–H groups in total. The third-order valence-electron chi connectivity index (χ3n) is 17.4. The fraction of sp³-hybridized carbons (Fsp3) is 0.700. The number of carbonyl (C=O) groups excluding carboxylic acids is 4. The summed E-state index contributed by atoms with van der Waals surface area (Å²) >= 11 is 0. The summed E-state index contributed by atoms with van der Waals surface area (Å²) in [5.74, 6) is -3.52. The second kappa shape index (κ2) is 65.7. The maximum Gasteiger partial charge on any atom is 2.00 e. The van der Waals surface area contributed by atoms with Crippen LogP contribution in [0.1, 0.15) is 403 Å². The Labute approximate surface area is 620 Å². The molecule has 0 saturated carbocycles. The Balaban J connectivity index is 0.00000188. The standard InChI is InChI=1S/2C40H66O7S.Ca/c2*1-3-5-7-9-11-13-15-17-19-21-23-25-27-29-33-46-39(41)37-32-31-36(48(43,44)45)35-38(37)40(42)47-34-30-28-26-24-22-20-18-16-14-12-10-8-6-4-2;/h2*29-35H,3-28H2,1-2H3,(H,43,44,45);/q;;+2/p-2/b2*33-29+,34-30+;. The van der Waals surface area contributed by atoms with E-state index in [2.05, 4.69) is 27.7 Å². The fourth-order valence-corrected chi connectivity index (χ4v) is 12.4. The Bertz CT molecular complexity index is 2470. The molecule has 0 aliphatic carbocycles. The third kappa shape index (κ3) is 53.8. The van der Waals surface area contributed by atoms with Gasteiger partial charge >= 0.3 is 61.6 Å². The number of unbranched alkanes of at least 4 members (excludes halogenated alkanes) is 48. The molecule has 0 atom stereocenters. The van der Waals surface area contributed by atoms with Crippen LogP contribution in [0.15, 0.2) is 95.5 Å². The molecule has 2 rings (SSSR count). The number of hydrogen-bond donors (Lipinski definition) is 0. The van der Waals surface area contributed by atoms with Crippen molar-refractivity contribution in [2.45, 2.75) is 371 Å². The van der Waals surface area contributed by atoms with Crippen LogP contribution in [-0.4, -0.2) is 87.6 Å². The second-order valence-corrected chi connectivity index (χ2v) is 28.9. The number of benzene rings is 2. The van der Waals surface area contributed by atoms with Gasteiger partial charge in [0.2, 0.25) is 0 Å². The quantitative estimate of drug-likeness (QED) is 0.0150. The average Bonchev–Trinajstić information content (AvgIpc) is 0.828. The van der Waals surface area contributed by atoms with Crippen molar-refractivity contribution in [3.63, 3.8) is 0 Å². The number of allylic oxidation sites excluding steroid dienone is 4. The molecule has 0 spiro atoms.